The Balaban J connectivity index is 1.53. The van der Waals surface area contributed by atoms with Crippen molar-refractivity contribution in [2.24, 2.45) is 0 Å². The molecule has 0 atom stereocenters. The lowest BCUT2D eigenvalue weighted by Gasteiger charge is -2.27. The molecule has 176 valence electrons. The molecule has 2 aromatic heterocycles. The van der Waals surface area contributed by atoms with Gasteiger partial charge in [0.05, 0.1) is 35.0 Å². The van der Waals surface area contributed by atoms with Gasteiger partial charge >= 0.3 is 0 Å². The van der Waals surface area contributed by atoms with Gasteiger partial charge in [0.25, 0.3) is 0 Å². The van der Waals surface area contributed by atoms with Gasteiger partial charge in [-0.25, -0.2) is 4.98 Å². The fourth-order valence-corrected chi connectivity index (χ4v) is 5.46. The SMILES string of the molecule is COc1ccc(-c2c(C)nn3c(N(Cc4ccc(C#N)cc4)C4CC4)c4c(nc23)CCC4)c(Cl)c1. The normalized spacial score (nSPS) is 14.7. The van der Waals surface area contributed by atoms with Crippen LogP contribution in [0, 0.1) is 18.3 Å². The van der Waals surface area contributed by atoms with Crippen LogP contribution in [0.25, 0.3) is 16.8 Å². The van der Waals surface area contributed by atoms with Gasteiger partial charge in [-0.1, -0.05) is 23.7 Å². The van der Waals surface area contributed by atoms with Crippen LogP contribution in [0.3, 0.4) is 0 Å². The molecule has 7 heteroatoms. The lowest BCUT2D eigenvalue weighted by molar-refractivity contribution is 0.415. The number of rotatable bonds is 6. The summed E-state index contributed by atoms with van der Waals surface area (Å²) in [5, 5.41) is 14.8. The van der Waals surface area contributed by atoms with Crippen molar-refractivity contribution in [3.05, 3.63) is 75.6 Å². The van der Waals surface area contributed by atoms with E-state index < -0.39 is 0 Å². The Hall–Kier alpha value is -3.56. The summed E-state index contributed by atoms with van der Waals surface area (Å²) in [4.78, 5) is 7.64. The van der Waals surface area contributed by atoms with E-state index in [1.54, 1.807) is 7.11 Å². The van der Waals surface area contributed by atoms with Crippen LogP contribution in [0.1, 0.15) is 47.3 Å². The lowest BCUT2D eigenvalue weighted by Crippen LogP contribution is -2.29. The second-order valence-corrected chi connectivity index (χ2v) is 9.83. The molecule has 4 aromatic rings. The van der Waals surface area contributed by atoms with Crippen LogP contribution < -0.4 is 9.64 Å². The van der Waals surface area contributed by atoms with Gasteiger partial charge in [-0.05, 0) is 74.9 Å². The van der Waals surface area contributed by atoms with Crippen molar-refractivity contribution in [1.82, 2.24) is 14.6 Å². The highest BCUT2D eigenvalue weighted by Gasteiger charge is 2.35. The molecule has 2 aliphatic rings. The van der Waals surface area contributed by atoms with Crippen LogP contribution in [-0.4, -0.2) is 27.7 Å². The van der Waals surface area contributed by atoms with Crippen LogP contribution in [-0.2, 0) is 19.4 Å². The zero-order valence-electron chi connectivity index (χ0n) is 19.9. The van der Waals surface area contributed by atoms with Gasteiger partial charge < -0.3 is 9.64 Å². The zero-order chi connectivity index (χ0) is 24.1. The minimum atomic E-state index is 0.485. The predicted octanol–water partition coefficient (Wildman–Crippen LogP) is 5.90. The number of halogens is 1. The molecule has 6 nitrogen and oxygen atoms in total. The Morgan fingerprint density at radius 3 is 2.66 bits per heavy atom. The van der Waals surface area contributed by atoms with Crippen LogP contribution >= 0.6 is 11.6 Å². The third-order valence-corrected chi connectivity index (χ3v) is 7.39. The number of nitrogens with zero attached hydrogens (tertiary/aromatic N) is 5. The molecule has 0 bridgehead atoms. The molecule has 35 heavy (non-hydrogen) atoms. The summed E-state index contributed by atoms with van der Waals surface area (Å²) in [6, 6.07) is 16.4. The lowest BCUT2D eigenvalue weighted by atomic mass is 10.1. The largest absolute Gasteiger partial charge is 0.497 e. The highest BCUT2D eigenvalue weighted by Crippen LogP contribution is 2.42. The number of aromatic nitrogens is 3. The fraction of sp³-hybridized carbons (Fsp3) is 0.321. The van der Waals surface area contributed by atoms with E-state index in [4.69, 9.17) is 26.4 Å². The predicted molar refractivity (Wildman–Crippen MR) is 137 cm³/mol. The maximum atomic E-state index is 9.19. The first-order valence-corrected chi connectivity index (χ1v) is 12.5. The first-order chi connectivity index (χ1) is 17.1. The summed E-state index contributed by atoms with van der Waals surface area (Å²) < 4.78 is 7.41. The van der Waals surface area contributed by atoms with Gasteiger partial charge in [-0.2, -0.15) is 14.9 Å². The number of fused-ring (bicyclic) bond motifs is 2. The van der Waals surface area contributed by atoms with E-state index in [1.165, 1.54) is 29.7 Å². The Kier molecular flexibility index (Phi) is 5.38. The quantitative estimate of drug-likeness (QED) is 0.342. The molecule has 2 aliphatic carbocycles. The van der Waals surface area contributed by atoms with Gasteiger partial charge in [0.15, 0.2) is 5.65 Å². The van der Waals surface area contributed by atoms with E-state index in [2.05, 4.69) is 27.6 Å². The molecule has 0 saturated heterocycles. The van der Waals surface area contributed by atoms with Gasteiger partial charge in [0.2, 0.25) is 0 Å². The van der Waals surface area contributed by atoms with Crippen molar-refractivity contribution in [3.63, 3.8) is 0 Å². The number of ether oxygens (including phenoxy) is 1. The third kappa shape index (κ3) is 3.81. The van der Waals surface area contributed by atoms with Crippen molar-refractivity contribution in [1.29, 1.82) is 5.26 Å². The fourth-order valence-electron chi connectivity index (χ4n) is 5.19. The number of aryl methyl sites for hydroxylation is 2. The minimum absolute atomic E-state index is 0.485. The average molecular weight is 484 g/mol. The van der Waals surface area contributed by atoms with E-state index >= 15 is 0 Å². The number of hydrogen-bond acceptors (Lipinski definition) is 5. The number of nitriles is 1. The molecule has 0 N–H and O–H groups in total. The van der Waals surface area contributed by atoms with Gasteiger partial charge in [0, 0.05) is 29.4 Å². The molecule has 2 heterocycles. The van der Waals surface area contributed by atoms with Crippen LogP contribution in [0.15, 0.2) is 42.5 Å². The van der Waals surface area contributed by atoms with Crippen molar-refractivity contribution >= 4 is 23.1 Å². The molecule has 0 aliphatic heterocycles. The first kappa shape index (κ1) is 21.9. The number of hydrogen-bond donors (Lipinski definition) is 0. The molecule has 6 rings (SSSR count). The molecule has 0 unspecified atom stereocenters. The summed E-state index contributed by atoms with van der Waals surface area (Å²) in [6.45, 7) is 2.81. The number of methoxy groups -OCH3 is 1. The van der Waals surface area contributed by atoms with Gasteiger partial charge in [-0.15, -0.1) is 0 Å². The molecule has 1 fully saturated rings. The molecule has 0 amide bonds. The summed E-state index contributed by atoms with van der Waals surface area (Å²) in [5.74, 6) is 1.89. The van der Waals surface area contributed by atoms with Crippen LogP contribution in [0.5, 0.6) is 5.75 Å². The Morgan fingerprint density at radius 2 is 1.97 bits per heavy atom. The molecule has 2 aromatic carbocycles. The topological polar surface area (TPSA) is 66.5 Å². The number of benzene rings is 2. The molecular formula is C28H26ClN5O. The molecular weight excluding hydrogens is 458 g/mol. The Morgan fingerprint density at radius 1 is 1.17 bits per heavy atom. The summed E-state index contributed by atoms with van der Waals surface area (Å²) >= 11 is 6.71. The second kappa shape index (κ2) is 8.58. The summed E-state index contributed by atoms with van der Waals surface area (Å²) in [7, 11) is 1.64. The molecule has 0 radical (unpaired) electrons. The van der Waals surface area contributed by atoms with E-state index in [0.717, 1.165) is 59.8 Å². The monoisotopic (exact) mass is 483 g/mol. The van der Waals surface area contributed by atoms with Crippen LogP contribution in [0.2, 0.25) is 5.02 Å². The van der Waals surface area contributed by atoms with E-state index in [0.29, 0.717) is 16.6 Å². The number of anilines is 1. The maximum Gasteiger partial charge on any atom is 0.165 e. The summed E-state index contributed by atoms with van der Waals surface area (Å²) in [5.41, 5.74) is 8.01. The molecule has 1 saturated carbocycles. The first-order valence-electron chi connectivity index (χ1n) is 12.1. The van der Waals surface area contributed by atoms with Crippen molar-refractivity contribution in [3.8, 4) is 22.9 Å². The van der Waals surface area contributed by atoms with Crippen molar-refractivity contribution in [2.75, 3.05) is 12.0 Å². The van der Waals surface area contributed by atoms with Gasteiger partial charge in [-0.3, -0.25) is 0 Å². The van der Waals surface area contributed by atoms with E-state index in [-0.39, 0.29) is 0 Å². The zero-order valence-corrected chi connectivity index (χ0v) is 20.6. The highest BCUT2D eigenvalue weighted by molar-refractivity contribution is 6.33. The molecule has 0 spiro atoms. The highest BCUT2D eigenvalue weighted by atomic mass is 35.5. The van der Waals surface area contributed by atoms with Crippen molar-refractivity contribution < 1.29 is 4.74 Å². The van der Waals surface area contributed by atoms with Crippen molar-refractivity contribution in [2.45, 2.75) is 51.6 Å². The Labute approximate surface area is 209 Å². The average Bonchev–Trinajstić information content (AvgIpc) is 3.52. The maximum absolute atomic E-state index is 9.19. The third-order valence-electron chi connectivity index (χ3n) is 7.08. The summed E-state index contributed by atoms with van der Waals surface area (Å²) in [6.07, 6.45) is 5.45. The van der Waals surface area contributed by atoms with E-state index in [9.17, 15) is 5.26 Å². The minimum Gasteiger partial charge on any atom is -0.497 e. The second-order valence-electron chi connectivity index (χ2n) is 9.42. The Bertz CT molecular complexity index is 1480. The standard InChI is InChI=1S/C28H26ClN5O/c1-17-26(22-13-12-21(35-2)14-24(22)29)27-31-25-5-3-4-23(25)28(34(27)32-17)33(20-10-11-20)16-19-8-6-18(15-30)7-9-19/h6-9,12-14,20H,3-5,10-11,16H2,1-2H3. The smallest absolute Gasteiger partial charge is 0.165 e. The van der Waals surface area contributed by atoms with E-state index in [1.807, 2.05) is 37.3 Å². The van der Waals surface area contributed by atoms with Crippen LogP contribution in [0.4, 0.5) is 5.82 Å². The van der Waals surface area contributed by atoms with Gasteiger partial charge in [0.1, 0.15) is 11.6 Å².